The lowest BCUT2D eigenvalue weighted by Crippen LogP contribution is -2.14. The number of nitrogens with zero attached hydrogens (tertiary/aromatic N) is 2. The number of benzene rings is 1. The highest BCUT2D eigenvalue weighted by Crippen LogP contribution is 2.32. The third-order valence-electron chi connectivity index (χ3n) is 3.49. The van der Waals surface area contributed by atoms with Gasteiger partial charge in [-0.2, -0.15) is 0 Å². The first-order valence-electron chi connectivity index (χ1n) is 7.81. The first-order chi connectivity index (χ1) is 12.7. The van der Waals surface area contributed by atoms with E-state index >= 15 is 0 Å². The Kier molecular flexibility index (Phi) is 5.65. The maximum atomic E-state index is 12.1. The van der Waals surface area contributed by atoms with Gasteiger partial charge in [0.25, 0.3) is 0 Å². The van der Waals surface area contributed by atoms with Gasteiger partial charge in [0.1, 0.15) is 11.5 Å². The van der Waals surface area contributed by atoms with Crippen LogP contribution in [0.5, 0.6) is 11.5 Å². The van der Waals surface area contributed by atoms with Gasteiger partial charge in [-0.15, -0.1) is 11.3 Å². The lowest BCUT2D eigenvalue weighted by molar-refractivity contribution is -0.115. The molecule has 0 spiro atoms. The Balaban J connectivity index is 1.66. The Morgan fingerprint density at radius 3 is 2.85 bits per heavy atom. The molecule has 0 saturated heterocycles. The third kappa shape index (κ3) is 4.48. The number of hydrogen-bond donors (Lipinski definition) is 2. The lowest BCUT2D eigenvalue weighted by Gasteiger charge is -2.10. The summed E-state index contributed by atoms with van der Waals surface area (Å²) in [4.78, 5) is 20.5. The van der Waals surface area contributed by atoms with Crippen LogP contribution < -0.4 is 20.1 Å². The first-order valence-corrected chi connectivity index (χ1v) is 8.69. The smallest absolute Gasteiger partial charge is 0.230 e. The number of carbonyl (C=O) groups is 1. The predicted octanol–water partition coefficient (Wildman–Crippen LogP) is 3.48. The zero-order chi connectivity index (χ0) is 18.4. The van der Waals surface area contributed by atoms with Crippen LogP contribution in [-0.2, 0) is 11.2 Å². The Bertz CT molecular complexity index is 883. The van der Waals surface area contributed by atoms with Crippen LogP contribution in [-0.4, -0.2) is 30.1 Å². The van der Waals surface area contributed by atoms with E-state index in [-0.39, 0.29) is 12.3 Å². The summed E-state index contributed by atoms with van der Waals surface area (Å²) in [5.41, 5.74) is 2.08. The molecule has 3 aromatic rings. The molecule has 0 saturated carbocycles. The van der Waals surface area contributed by atoms with Crippen molar-refractivity contribution in [3.05, 3.63) is 53.8 Å². The van der Waals surface area contributed by atoms with Crippen molar-refractivity contribution in [3.63, 3.8) is 0 Å². The van der Waals surface area contributed by atoms with Gasteiger partial charge in [-0.25, -0.2) is 4.98 Å². The number of aromatic nitrogens is 2. The van der Waals surface area contributed by atoms with Gasteiger partial charge in [-0.3, -0.25) is 9.78 Å². The number of hydrogen-bond acceptors (Lipinski definition) is 7. The molecule has 0 radical (unpaired) electrons. The van der Waals surface area contributed by atoms with Gasteiger partial charge in [0, 0.05) is 17.6 Å². The molecular formula is C18H18N4O3S. The summed E-state index contributed by atoms with van der Waals surface area (Å²) in [5.74, 6) is 1.24. The van der Waals surface area contributed by atoms with Crippen molar-refractivity contribution < 1.29 is 14.3 Å². The zero-order valence-electron chi connectivity index (χ0n) is 14.4. The summed E-state index contributed by atoms with van der Waals surface area (Å²) in [6.45, 7) is 0. The van der Waals surface area contributed by atoms with Crippen molar-refractivity contribution in [2.24, 2.45) is 0 Å². The summed E-state index contributed by atoms with van der Waals surface area (Å²) in [6.07, 6.45) is 3.43. The molecule has 1 amide bonds. The minimum atomic E-state index is -0.145. The highest BCUT2D eigenvalue weighted by molar-refractivity contribution is 7.13. The Morgan fingerprint density at radius 2 is 2.12 bits per heavy atom. The molecule has 0 aliphatic heterocycles. The van der Waals surface area contributed by atoms with Gasteiger partial charge in [-0.1, -0.05) is 0 Å². The SMILES string of the molecule is COc1ccc(OC)c(Nc2nc(CC(=O)Nc3cccnc3)cs2)c1. The van der Waals surface area contributed by atoms with Crippen molar-refractivity contribution in [2.45, 2.75) is 6.42 Å². The monoisotopic (exact) mass is 370 g/mol. The van der Waals surface area contributed by atoms with Crippen LogP contribution in [0.15, 0.2) is 48.1 Å². The van der Waals surface area contributed by atoms with Crippen molar-refractivity contribution in [1.82, 2.24) is 9.97 Å². The largest absolute Gasteiger partial charge is 0.497 e. The molecule has 2 heterocycles. The number of ether oxygens (including phenoxy) is 2. The third-order valence-corrected chi connectivity index (χ3v) is 4.29. The second kappa shape index (κ2) is 8.30. The molecule has 0 unspecified atom stereocenters. The summed E-state index contributed by atoms with van der Waals surface area (Å²) in [7, 11) is 3.21. The second-order valence-corrected chi connectivity index (χ2v) is 6.16. The second-order valence-electron chi connectivity index (χ2n) is 5.30. The summed E-state index contributed by atoms with van der Waals surface area (Å²) in [6, 6.07) is 9.02. The average Bonchev–Trinajstić information content (AvgIpc) is 3.09. The normalized spacial score (nSPS) is 10.2. The van der Waals surface area contributed by atoms with E-state index in [1.54, 1.807) is 38.7 Å². The van der Waals surface area contributed by atoms with E-state index in [2.05, 4.69) is 20.6 Å². The Hall–Kier alpha value is -3.13. The van der Waals surface area contributed by atoms with Crippen molar-refractivity contribution in [2.75, 3.05) is 24.9 Å². The maximum absolute atomic E-state index is 12.1. The molecule has 26 heavy (non-hydrogen) atoms. The highest BCUT2D eigenvalue weighted by Gasteiger charge is 2.11. The van der Waals surface area contributed by atoms with Crippen molar-refractivity contribution in [1.29, 1.82) is 0 Å². The number of carbonyl (C=O) groups excluding carboxylic acids is 1. The maximum Gasteiger partial charge on any atom is 0.230 e. The standard InChI is InChI=1S/C18H18N4O3S/c1-24-14-5-6-16(25-2)15(9-14)22-18-21-13(11-26-18)8-17(23)20-12-4-3-7-19-10-12/h3-7,9-11H,8H2,1-2H3,(H,20,23)(H,21,22). The minimum Gasteiger partial charge on any atom is -0.497 e. The van der Waals surface area contributed by atoms with Crippen molar-refractivity contribution >= 4 is 33.8 Å². The summed E-state index contributed by atoms with van der Waals surface area (Å²) in [5, 5.41) is 8.50. The van der Waals surface area contributed by atoms with Gasteiger partial charge < -0.3 is 20.1 Å². The Morgan fingerprint density at radius 1 is 1.23 bits per heavy atom. The van der Waals surface area contributed by atoms with E-state index in [9.17, 15) is 4.79 Å². The fraction of sp³-hybridized carbons (Fsp3) is 0.167. The quantitative estimate of drug-likeness (QED) is 0.662. The molecule has 0 fully saturated rings. The van der Waals surface area contributed by atoms with E-state index in [1.165, 1.54) is 11.3 Å². The van der Waals surface area contributed by atoms with Crippen LogP contribution in [0.4, 0.5) is 16.5 Å². The summed E-state index contributed by atoms with van der Waals surface area (Å²) >= 11 is 1.41. The van der Waals surface area contributed by atoms with Crippen LogP contribution in [0.25, 0.3) is 0 Å². The fourth-order valence-corrected chi connectivity index (χ4v) is 3.00. The van der Waals surface area contributed by atoms with Gasteiger partial charge in [0.05, 0.1) is 43.9 Å². The average molecular weight is 370 g/mol. The van der Waals surface area contributed by atoms with Crippen LogP contribution in [0.1, 0.15) is 5.69 Å². The number of thiazole rings is 1. The van der Waals surface area contributed by atoms with E-state index in [0.29, 0.717) is 28.0 Å². The Labute approximate surface area is 155 Å². The van der Waals surface area contributed by atoms with Gasteiger partial charge in [-0.05, 0) is 24.3 Å². The summed E-state index contributed by atoms with van der Waals surface area (Å²) < 4.78 is 10.6. The van der Waals surface area contributed by atoms with E-state index in [1.807, 2.05) is 23.6 Å². The number of nitrogens with one attached hydrogen (secondary N) is 2. The van der Waals surface area contributed by atoms with Crippen molar-refractivity contribution in [3.8, 4) is 11.5 Å². The highest BCUT2D eigenvalue weighted by atomic mass is 32.1. The molecule has 0 aliphatic rings. The van der Waals surface area contributed by atoms with Gasteiger partial charge >= 0.3 is 0 Å². The molecule has 134 valence electrons. The van der Waals surface area contributed by atoms with E-state index in [4.69, 9.17) is 9.47 Å². The molecule has 7 nitrogen and oxygen atoms in total. The number of pyridine rings is 1. The van der Waals surface area contributed by atoms with Crippen LogP contribution in [0.3, 0.4) is 0 Å². The zero-order valence-corrected chi connectivity index (χ0v) is 15.2. The fourth-order valence-electron chi connectivity index (χ4n) is 2.28. The molecule has 2 aromatic heterocycles. The topological polar surface area (TPSA) is 85.4 Å². The van der Waals surface area contributed by atoms with Gasteiger partial charge in [0.2, 0.25) is 5.91 Å². The molecule has 0 atom stereocenters. The first kappa shape index (κ1) is 17.7. The number of amides is 1. The number of rotatable bonds is 7. The lowest BCUT2D eigenvalue weighted by atomic mass is 10.2. The number of methoxy groups -OCH3 is 2. The minimum absolute atomic E-state index is 0.145. The molecule has 2 N–H and O–H groups in total. The van der Waals surface area contributed by atoms with Gasteiger partial charge in [0.15, 0.2) is 5.13 Å². The molecule has 1 aromatic carbocycles. The van der Waals surface area contributed by atoms with E-state index < -0.39 is 0 Å². The van der Waals surface area contributed by atoms with E-state index in [0.717, 1.165) is 5.69 Å². The predicted molar refractivity (Wildman–Crippen MR) is 102 cm³/mol. The molecule has 0 aliphatic carbocycles. The van der Waals surface area contributed by atoms with Crippen LogP contribution >= 0.6 is 11.3 Å². The van der Waals surface area contributed by atoms with Crippen LogP contribution in [0, 0.1) is 0 Å². The number of anilines is 3. The molecule has 8 heteroatoms. The molecular weight excluding hydrogens is 352 g/mol. The molecule has 0 bridgehead atoms. The van der Waals surface area contributed by atoms with Crippen LogP contribution in [0.2, 0.25) is 0 Å². The molecule has 3 rings (SSSR count).